The van der Waals surface area contributed by atoms with E-state index in [0.717, 1.165) is 6.07 Å². The predicted molar refractivity (Wildman–Crippen MR) is 51.0 cm³/mol. The van der Waals surface area contributed by atoms with E-state index in [1.165, 1.54) is 13.0 Å². The highest BCUT2D eigenvalue weighted by molar-refractivity contribution is 5.54. The quantitative estimate of drug-likeness (QED) is 0.565. The molecule has 0 aromatic heterocycles. The van der Waals surface area contributed by atoms with Gasteiger partial charge in [0.25, 0.3) is 0 Å². The van der Waals surface area contributed by atoms with Crippen molar-refractivity contribution in [2.45, 2.75) is 19.1 Å². The summed E-state index contributed by atoms with van der Waals surface area (Å²) >= 11 is 0. The van der Waals surface area contributed by atoms with Crippen molar-refractivity contribution in [2.24, 2.45) is 0 Å². The Hall–Kier alpha value is -1.75. The molecule has 0 saturated carbocycles. The first-order chi connectivity index (χ1) is 6.91. The monoisotopic (exact) mass is 210 g/mol. The highest BCUT2D eigenvalue weighted by Gasteiger charge is 2.34. The van der Waals surface area contributed by atoms with Crippen LogP contribution in [0.2, 0.25) is 0 Å². The maximum Gasteiger partial charge on any atom is 0.224 e. The third-order valence-electron chi connectivity index (χ3n) is 2.24. The summed E-state index contributed by atoms with van der Waals surface area (Å²) in [5.74, 6) is -2.85. The molecule has 2 rings (SSSR count). The standard InChI is InChI=1S/C10H10O5/c1-10(14)4-5-2-3-6(11)7(12)8(13)9(5)15-10/h2-3,14H,4H2,1H3,(H2,11,12,13). The number of ether oxygens (including phenoxy) is 1. The molecule has 0 fully saturated rings. The first-order valence-electron chi connectivity index (χ1n) is 4.40. The van der Waals surface area contributed by atoms with Gasteiger partial charge in [-0.05, 0) is 6.07 Å². The fourth-order valence-electron chi connectivity index (χ4n) is 1.57. The Morgan fingerprint density at radius 2 is 2.00 bits per heavy atom. The molecule has 0 amide bonds. The molecule has 0 radical (unpaired) electrons. The van der Waals surface area contributed by atoms with Crippen LogP contribution in [0.1, 0.15) is 12.5 Å². The Kier molecular flexibility index (Phi) is 1.87. The van der Waals surface area contributed by atoms with Crippen molar-refractivity contribution >= 4 is 0 Å². The molecule has 5 heteroatoms. The summed E-state index contributed by atoms with van der Waals surface area (Å²) in [5, 5.41) is 28.4. The van der Waals surface area contributed by atoms with E-state index < -0.39 is 22.7 Å². The zero-order valence-electron chi connectivity index (χ0n) is 8.02. The van der Waals surface area contributed by atoms with Gasteiger partial charge in [-0.2, -0.15) is 0 Å². The van der Waals surface area contributed by atoms with E-state index >= 15 is 0 Å². The number of hydrogen-bond donors (Lipinski definition) is 3. The van der Waals surface area contributed by atoms with Crippen LogP contribution in [-0.2, 0) is 6.42 Å². The molecule has 0 spiro atoms. The second kappa shape index (κ2) is 2.87. The van der Waals surface area contributed by atoms with Crippen LogP contribution in [0.4, 0.5) is 0 Å². The van der Waals surface area contributed by atoms with Crippen LogP contribution in [0, 0.1) is 0 Å². The van der Waals surface area contributed by atoms with Crippen molar-refractivity contribution in [3.05, 3.63) is 27.9 Å². The molecule has 1 atom stereocenters. The molecule has 80 valence electrons. The van der Waals surface area contributed by atoms with Crippen molar-refractivity contribution < 1.29 is 20.1 Å². The smallest absolute Gasteiger partial charge is 0.224 e. The molecular weight excluding hydrogens is 200 g/mol. The third kappa shape index (κ3) is 1.50. The minimum atomic E-state index is -1.41. The van der Waals surface area contributed by atoms with Gasteiger partial charge in [0.15, 0.2) is 5.75 Å². The van der Waals surface area contributed by atoms with Crippen molar-refractivity contribution in [1.82, 2.24) is 0 Å². The fraction of sp³-hybridized carbons (Fsp3) is 0.300. The molecule has 0 aliphatic carbocycles. The zero-order chi connectivity index (χ0) is 11.2. The van der Waals surface area contributed by atoms with E-state index in [1.807, 2.05) is 0 Å². The Bertz CT molecular complexity index is 478. The van der Waals surface area contributed by atoms with Gasteiger partial charge in [0.05, 0.1) is 0 Å². The molecule has 1 aromatic rings. The van der Waals surface area contributed by atoms with Crippen molar-refractivity contribution in [1.29, 1.82) is 0 Å². The van der Waals surface area contributed by atoms with Gasteiger partial charge in [0.2, 0.25) is 22.7 Å². The van der Waals surface area contributed by atoms with Gasteiger partial charge in [0, 0.05) is 18.9 Å². The molecule has 1 aliphatic rings. The van der Waals surface area contributed by atoms with Crippen molar-refractivity contribution in [3.63, 3.8) is 0 Å². The lowest BCUT2D eigenvalue weighted by Gasteiger charge is -2.15. The van der Waals surface area contributed by atoms with E-state index in [9.17, 15) is 20.1 Å². The summed E-state index contributed by atoms with van der Waals surface area (Å²) in [6.07, 6.45) is 0.156. The minimum Gasteiger partial charge on any atom is -0.502 e. The molecule has 5 nitrogen and oxygen atoms in total. The van der Waals surface area contributed by atoms with Crippen molar-refractivity contribution in [2.75, 3.05) is 0 Å². The summed E-state index contributed by atoms with van der Waals surface area (Å²) in [6, 6.07) is 2.54. The predicted octanol–water partition coefficient (Wildman–Crippen LogP) is 0.101. The number of aromatic hydroxyl groups is 2. The molecule has 1 unspecified atom stereocenters. The molecule has 1 aliphatic heterocycles. The number of rotatable bonds is 0. The van der Waals surface area contributed by atoms with E-state index in [1.54, 1.807) is 0 Å². The highest BCUT2D eigenvalue weighted by atomic mass is 16.6. The summed E-state index contributed by atoms with van der Waals surface area (Å²) in [4.78, 5) is 11.1. The number of aliphatic hydroxyl groups is 1. The average molecular weight is 210 g/mol. The lowest BCUT2D eigenvalue weighted by atomic mass is 10.1. The molecule has 3 N–H and O–H groups in total. The Balaban J connectivity index is 2.71. The summed E-state index contributed by atoms with van der Waals surface area (Å²) in [5.41, 5.74) is -0.208. The first-order valence-corrected chi connectivity index (χ1v) is 4.40. The van der Waals surface area contributed by atoms with E-state index in [2.05, 4.69) is 0 Å². The topological polar surface area (TPSA) is 87.0 Å². The van der Waals surface area contributed by atoms with Gasteiger partial charge in [-0.15, -0.1) is 0 Å². The second-order valence-corrected chi connectivity index (χ2v) is 3.70. The van der Waals surface area contributed by atoms with E-state index in [0.29, 0.717) is 5.56 Å². The van der Waals surface area contributed by atoms with Gasteiger partial charge < -0.3 is 20.1 Å². The number of hydrogen-bond acceptors (Lipinski definition) is 5. The maximum absolute atomic E-state index is 11.1. The Labute approximate surface area is 85.2 Å². The summed E-state index contributed by atoms with van der Waals surface area (Å²) in [6.45, 7) is 1.43. The zero-order valence-corrected chi connectivity index (χ0v) is 8.02. The van der Waals surface area contributed by atoms with Crippen LogP contribution in [0.15, 0.2) is 16.9 Å². The van der Waals surface area contributed by atoms with E-state index in [-0.39, 0.29) is 12.2 Å². The summed E-state index contributed by atoms with van der Waals surface area (Å²) < 4.78 is 5.03. The van der Waals surface area contributed by atoms with Gasteiger partial charge in [-0.25, -0.2) is 0 Å². The Morgan fingerprint density at radius 3 is 2.67 bits per heavy atom. The SMILES string of the molecule is CC1(O)Cc2ccc(=O)c(O)c(O)c2O1. The van der Waals surface area contributed by atoms with Crippen LogP contribution >= 0.6 is 0 Å². The minimum absolute atomic E-state index is 0.0420. The molecule has 1 aromatic carbocycles. The van der Waals surface area contributed by atoms with Gasteiger partial charge in [-0.1, -0.05) is 6.07 Å². The first kappa shape index (κ1) is 9.79. The molecule has 0 bridgehead atoms. The molecular formula is C10H10O5. The van der Waals surface area contributed by atoms with Crippen LogP contribution in [0.5, 0.6) is 17.2 Å². The van der Waals surface area contributed by atoms with Crippen molar-refractivity contribution in [3.8, 4) is 17.2 Å². The van der Waals surface area contributed by atoms with Crippen LogP contribution in [-0.4, -0.2) is 21.1 Å². The highest BCUT2D eigenvalue weighted by Crippen LogP contribution is 2.42. The van der Waals surface area contributed by atoms with Crippen LogP contribution in [0.3, 0.4) is 0 Å². The van der Waals surface area contributed by atoms with Gasteiger partial charge in [-0.3, -0.25) is 4.79 Å². The lowest BCUT2D eigenvalue weighted by Crippen LogP contribution is -2.29. The largest absolute Gasteiger partial charge is 0.502 e. The third-order valence-corrected chi connectivity index (χ3v) is 2.24. The Morgan fingerprint density at radius 1 is 1.33 bits per heavy atom. The molecule has 0 saturated heterocycles. The second-order valence-electron chi connectivity index (χ2n) is 3.70. The molecule has 1 heterocycles. The van der Waals surface area contributed by atoms with Crippen LogP contribution < -0.4 is 10.2 Å². The average Bonchev–Trinajstić information content (AvgIpc) is 2.43. The van der Waals surface area contributed by atoms with E-state index in [4.69, 9.17) is 4.74 Å². The maximum atomic E-state index is 11.1. The van der Waals surface area contributed by atoms with Crippen LogP contribution in [0.25, 0.3) is 0 Å². The molecule has 15 heavy (non-hydrogen) atoms. The van der Waals surface area contributed by atoms with Gasteiger partial charge >= 0.3 is 0 Å². The number of fused-ring (bicyclic) bond motifs is 1. The van der Waals surface area contributed by atoms with Gasteiger partial charge in [0.1, 0.15) is 0 Å². The lowest BCUT2D eigenvalue weighted by molar-refractivity contribution is -0.104. The summed E-state index contributed by atoms with van der Waals surface area (Å²) in [7, 11) is 0. The normalized spacial score (nSPS) is 23.3. The fourth-order valence-corrected chi connectivity index (χ4v) is 1.57.